The second-order valence-electron chi connectivity index (χ2n) is 2.91. The van der Waals surface area contributed by atoms with Gasteiger partial charge in [-0.25, -0.2) is 0 Å². The van der Waals surface area contributed by atoms with Gasteiger partial charge in [0, 0.05) is 6.42 Å². The molecule has 0 spiro atoms. The Morgan fingerprint density at radius 1 is 1.36 bits per heavy atom. The van der Waals surface area contributed by atoms with Crippen LogP contribution in [0.4, 0.5) is 0 Å². The summed E-state index contributed by atoms with van der Waals surface area (Å²) in [5, 5.41) is 9.49. The summed E-state index contributed by atoms with van der Waals surface area (Å²) in [7, 11) is 2.59. The number of benzene rings is 1. The topological polar surface area (TPSA) is 46.5 Å². The van der Waals surface area contributed by atoms with E-state index >= 15 is 0 Å². The van der Waals surface area contributed by atoms with E-state index < -0.39 is 5.97 Å². The maximum Gasteiger partial charge on any atom is 0.303 e. The van der Waals surface area contributed by atoms with Crippen molar-refractivity contribution in [3.63, 3.8) is 0 Å². The minimum atomic E-state index is -0.783. The highest BCUT2D eigenvalue weighted by atomic mass is 31.0. The number of rotatable bonds is 5. The summed E-state index contributed by atoms with van der Waals surface area (Å²) < 4.78 is 5.34. The van der Waals surface area contributed by atoms with Crippen LogP contribution >= 0.6 is 9.24 Å². The molecule has 0 saturated carbocycles. The fraction of sp³-hybridized carbons (Fsp3) is 0.300. The van der Waals surface area contributed by atoms with Gasteiger partial charge in [0.1, 0.15) is 5.75 Å². The molecule has 3 nitrogen and oxygen atoms in total. The first-order valence-electron chi connectivity index (χ1n) is 4.38. The Labute approximate surface area is 85.3 Å². The third-order valence-corrected chi connectivity index (χ3v) is 2.07. The summed E-state index contributed by atoms with van der Waals surface area (Å²) in [4.78, 5) is 10.2. The first-order chi connectivity index (χ1) is 6.68. The van der Waals surface area contributed by atoms with Crippen LogP contribution in [-0.2, 0) is 4.79 Å². The first kappa shape index (κ1) is 11.0. The lowest BCUT2D eigenvalue weighted by Gasteiger charge is -2.04. The molecular formula is C10H13O3P. The molecule has 0 heterocycles. The Bertz CT molecular complexity index is 295. The van der Waals surface area contributed by atoms with E-state index in [1.807, 2.05) is 24.3 Å². The largest absolute Gasteiger partial charge is 0.494 e. The summed E-state index contributed by atoms with van der Waals surface area (Å²) in [5.74, 6) is -0.00417. The van der Waals surface area contributed by atoms with Gasteiger partial charge in [-0.2, -0.15) is 0 Å². The summed E-state index contributed by atoms with van der Waals surface area (Å²) in [6.07, 6.45) is 0.694. The van der Waals surface area contributed by atoms with Crippen molar-refractivity contribution < 1.29 is 14.6 Å². The van der Waals surface area contributed by atoms with Crippen molar-refractivity contribution >= 4 is 20.5 Å². The highest BCUT2D eigenvalue weighted by molar-refractivity contribution is 7.27. The average molecular weight is 212 g/mol. The predicted molar refractivity (Wildman–Crippen MR) is 58.2 cm³/mol. The highest BCUT2D eigenvalue weighted by Gasteiger charge is 1.97. The van der Waals surface area contributed by atoms with Crippen molar-refractivity contribution in [2.45, 2.75) is 12.8 Å². The summed E-state index contributed by atoms with van der Waals surface area (Å²) in [5.41, 5.74) is 0. The lowest BCUT2D eigenvalue weighted by Crippen LogP contribution is -2.02. The Kier molecular flexibility index (Phi) is 4.41. The molecule has 0 bridgehead atoms. The minimum Gasteiger partial charge on any atom is -0.494 e. The van der Waals surface area contributed by atoms with Crippen LogP contribution in [0.3, 0.4) is 0 Å². The Morgan fingerprint density at radius 3 is 2.57 bits per heavy atom. The van der Waals surface area contributed by atoms with Gasteiger partial charge in [0.15, 0.2) is 0 Å². The van der Waals surface area contributed by atoms with E-state index in [9.17, 15) is 4.79 Å². The van der Waals surface area contributed by atoms with Gasteiger partial charge in [0.25, 0.3) is 0 Å². The van der Waals surface area contributed by atoms with Crippen LogP contribution < -0.4 is 10.0 Å². The van der Waals surface area contributed by atoms with E-state index in [0.29, 0.717) is 13.0 Å². The highest BCUT2D eigenvalue weighted by Crippen LogP contribution is 2.09. The molecule has 1 N–H and O–H groups in total. The number of carboxylic acids is 1. The molecule has 0 aliphatic carbocycles. The quantitative estimate of drug-likeness (QED) is 0.593. The Morgan fingerprint density at radius 2 is 2.00 bits per heavy atom. The zero-order chi connectivity index (χ0) is 10.4. The van der Waals surface area contributed by atoms with E-state index in [0.717, 1.165) is 11.1 Å². The molecule has 0 amide bonds. The standard InChI is InChI=1S/C10H13O3P/c11-10(12)2-1-7-13-8-3-5-9(14)6-4-8/h3-6H,1-2,7,14H2,(H,11,12). The van der Waals surface area contributed by atoms with E-state index in [2.05, 4.69) is 9.24 Å². The number of ether oxygens (including phenoxy) is 1. The SMILES string of the molecule is O=C(O)CCCOc1ccc(P)cc1. The zero-order valence-corrected chi connectivity index (χ0v) is 8.93. The van der Waals surface area contributed by atoms with Crippen molar-refractivity contribution in [3.8, 4) is 5.75 Å². The monoisotopic (exact) mass is 212 g/mol. The molecule has 0 fully saturated rings. The molecule has 4 heteroatoms. The number of aliphatic carboxylic acids is 1. The fourth-order valence-electron chi connectivity index (χ4n) is 0.977. The van der Waals surface area contributed by atoms with Crippen molar-refractivity contribution in [1.29, 1.82) is 0 Å². The van der Waals surface area contributed by atoms with Gasteiger partial charge in [0.05, 0.1) is 6.61 Å². The van der Waals surface area contributed by atoms with Crippen LogP contribution in [0, 0.1) is 0 Å². The van der Waals surface area contributed by atoms with E-state index in [-0.39, 0.29) is 6.42 Å². The maximum atomic E-state index is 10.2. The van der Waals surface area contributed by atoms with Crippen LogP contribution in [0.25, 0.3) is 0 Å². The van der Waals surface area contributed by atoms with Gasteiger partial charge in [-0.3, -0.25) is 4.79 Å². The lowest BCUT2D eigenvalue weighted by molar-refractivity contribution is -0.137. The molecule has 14 heavy (non-hydrogen) atoms. The summed E-state index contributed by atoms with van der Waals surface area (Å²) >= 11 is 0. The Balaban J connectivity index is 2.25. The third-order valence-electron chi connectivity index (χ3n) is 1.68. The number of hydrogen-bond acceptors (Lipinski definition) is 2. The minimum absolute atomic E-state index is 0.154. The third kappa shape index (κ3) is 4.24. The van der Waals surface area contributed by atoms with Crippen molar-refractivity contribution in [3.05, 3.63) is 24.3 Å². The smallest absolute Gasteiger partial charge is 0.303 e. The van der Waals surface area contributed by atoms with Gasteiger partial charge in [-0.1, -0.05) is 12.1 Å². The molecule has 1 aromatic rings. The van der Waals surface area contributed by atoms with Crippen molar-refractivity contribution in [2.24, 2.45) is 0 Å². The summed E-state index contributed by atoms with van der Waals surface area (Å²) in [6.45, 7) is 0.447. The normalized spacial score (nSPS) is 9.79. The van der Waals surface area contributed by atoms with Crippen LogP contribution in [0.5, 0.6) is 5.75 Å². The van der Waals surface area contributed by atoms with Gasteiger partial charge in [0.2, 0.25) is 0 Å². The zero-order valence-electron chi connectivity index (χ0n) is 7.77. The average Bonchev–Trinajstić information content (AvgIpc) is 2.15. The van der Waals surface area contributed by atoms with Gasteiger partial charge >= 0.3 is 5.97 Å². The molecule has 1 aromatic carbocycles. The first-order valence-corrected chi connectivity index (χ1v) is 4.96. The Hall–Kier alpha value is -1.08. The number of hydrogen-bond donors (Lipinski definition) is 1. The fourth-order valence-corrected chi connectivity index (χ4v) is 1.17. The summed E-state index contributed by atoms with van der Waals surface area (Å²) in [6, 6.07) is 7.58. The van der Waals surface area contributed by atoms with Gasteiger partial charge in [-0.05, 0) is 23.9 Å². The second kappa shape index (κ2) is 5.61. The molecule has 1 atom stereocenters. The molecule has 0 radical (unpaired) electrons. The van der Waals surface area contributed by atoms with Crippen LogP contribution in [0.2, 0.25) is 0 Å². The van der Waals surface area contributed by atoms with E-state index in [1.54, 1.807) is 0 Å². The van der Waals surface area contributed by atoms with E-state index in [1.165, 1.54) is 0 Å². The molecule has 0 aliphatic rings. The molecule has 0 aliphatic heterocycles. The predicted octanol–water partition coefficient (Wildman–Crippen LogP) is 1.43. The maximum absolute atomic E-state index is 10.2. The molecular weight excluding hydrogens is 199 g/mol. The van der Waals surface area contributed by atoms with Gasteiger partial charge in [-0.15, -0.1) is 9.24 Å². The van der Waals surface area contributed by atoms with E-state index in [4.69, 9.17) is 9.84 Å². The number of carboxylic acid groups (broad SMARTS) is 1. The lowest BCUT2D eigenvalue weighted by atomic mass is 10.3. The molecule has 0 saturated heterocycles. The van der Waals surface area contributed by atoms with Crippen LogP contribution in [-0.4, -0.2) is 17.7 Å². The molecule has 1 unspecified atom stereocenters. The number of carbonyl (C=O) groups is 1. The molecule has 0 aromatic heterocycles. The van der Waals surface area contributed by atoms with Crippen LogP contribution in [0.15, 0.2) is 24.3 Å². The molecule has 1 rings (SSSR count). The molecule has 76 valence electrons. The van der Waals surface area contributed by atoms with Crippen molar-refractivity contribution in [1.82, 2.24) is 0 Å². The van der Waals surface area contributed by atoms with Gasteiger partial charge < -0.3 is 9.84 Å². The second-order valence-corrected chi connectivity index (χ2v) is 3.58. The van der Waals surface area contributed by atoms with Crippen LogP contribution in [0.1, 0.15) is 12.8 Å². The van der Waals surface area contributed by atoms with Crippen molar-refractivity contribution in [2.75, 3.05) is 6.61 Å².